The smallest absolute Gasteiger partial charge is 0.287 e. The minimum atomic E-state index is -0.547. The van der Waals surface area contributed by atoms with Gasteiger partial charge < -0.3 is 37.2 Å². The molecule has 4 aliphatic rings. The van der Waals surface area contributed by atoms with Crippen LogP contribution in [-0.2, 0) is 0 Å². The number of amides is 1. The van der Waals surface area contributed by atoms with Crippen molar-refractivity contribution in [2.75, 3.05) is 47.4 Å². The highest BCUT2D eigenvalue weighted by Gasteiger charge is 2.45. The number of piperidine rings is 2. The van der Waals surface area contributed by atoms with Gasteiger partial charge in [0.2, 0.25) is 6.39 Å². The summed E-state index contributed by atoms with van der Waals surface area (Å²) in [6, 6.07) is 10.9. The molecule has 4 fully saturated rings. The molecule has 20 heteroatoms. The Kier molecular flexibility index (Phi) is 12.5. The lowest BCUT2D eigenvalue weighted by Gasteiger charge is -2.42. The zero-order chi connectivity index (χ0) is 43.1. The molecule has 2 saturated heterocycles. The van der Waals surface area contributed by atoms with Crippen LogP contribution in [0.2, 0.25) is 20.1 Å². The van der Waals surface area contributed by atoms with Crippen LogP contribution in [0.5, 0.6) is 0 Å². The number of nitrogens with one attached hydrogen (secondary N) is 1. The summed E-state index contributed by atoms with van der Waals surface area (Å²) in [4.78, 5) is 35.3. The number of nitrogens with zero attached hydrogens (tertiary/aromatic N) is 8. The van der Waals surface area contributed by atoms with Gasteiger partial charge in [0.15, 0.2) is 34.7 Å². The number of anilines is 4. The summed E-state index contributed by atoms with van der Waals surface area (Å²) in [6.45, 7) is 3.09. The fourth-order valence-corrected chi connectivity index (χ4v) is 10.4. The molecule has 2 aliphatic heterocycles. The van der Waals surface area contributed by atoms with Gasteiger partial charge in [0.25, 0.3) is 11.8 Å². The minimum absolute atomic E-state index is 0.101. The first-order valence-electron chi connectivity index (χ1n) is 20.4. The fourth-order valence-electron chi connectivity index (χ4n) is 9.63. The molecule has 2 aliphatic carbocycles. The van der Waals surface area contributed by atoms with Crippen LogP contribution in [0.15, 0.2) is 47.2 Å². The molecule has 2 saturated carbocycles. The van der Waals surface area contributed by atoms with Crippen molar-refractivity contribution < 1.29 is 9.21 Å². The van der Waals surface area contributed by atoms with E-state index in [0.717, 1.165) is 71.1 Å². The fraction of sp³-hybridized carbons (Fsp3) is 0.439. The van der Waals surface area contributed by atoms with Crippen LogP contribution in [0, 0.1) is 10.8 Å². The average Bonchev–Trinajstić information content (AvgIpc) is 4.02. The Balaban J connectivity index is 0.000000169. The molecule has 61 heavy (non-hydrogen) atoms. The van der Waals surface area contributed by atoms with Crippen LogP contribution in [0.4, 0.5) is 23.3 Å². The van der Waals surface area contributed by atoms with Crippen LogP contribution in [0.25, 0.3) is 34.1 Å². The molecule has 9 rings (SSSR count). The SMILES string of the molecule is NNC(=O)c1nc(-c2cccc(Cl)c2Cl)c(N)nc1N1CCC2(CCC[C@H]2N)CC1.Nc1nc(N2CCC3(CCC[C@H]3N)CC2)c(-c2nnco2)nc1-c1cccc(Cl)c1Cl. The number of aromatic nitrogens is 6. The van der Waals surface area contributed by atoms with E-state index in [2.05, 4.69) is 30.5 Å². The van der Waals surface area contributed by atoms with Crippen LogP contribution in [0.3, 0.4) is 0 Å². The Bertz CT molecular complexity index is 2400. The van der Waals surface area contributed by atoms with Crippen molar-refractivity contribution in [2.45, 2.75) is 76.3 Å². The van der Waals surface area contributed by atoms with E-state index >= 15 is 0 Å². The van der Waals surface area contributed by atoms with Crippen molar-refractivity contribution in [2.24, 2.45) is 28.1 Å². The number of hydrazine groups is 1. The molecular weight excluding hydrogens is 862 g/mol. The lowest BCUT2D eigenvalue weighted by atomic mass is 9.74. The molecule has 5 aromatic rings. The van der Waals surface area contributed by atoms with E-state index in [-0.39, 0.29) is 51.8 Å². The van der Waals surface area contributed by atoms with E-state index in [0.29, 0.717) is 54.2 Å². The first-order valence-corrected chi connectivity index (χ1v) is 21.9. The van der Waals surface area contributed by atoms with Gasteiger partial charge in [-0.15, -0.1) is 10.2 Å². The third-order valence-corrected chi connectivity index (χ3v) is 14.8. The normalized spacial score (nSPS) is 20.5. The maximum absolute atomic E-state index is 12.5. The van der Waals surface area contributed by atoms with Gasteiger partial charge >= 0.3 is 0 Å². The zero-order valence-corrected chi connectivity index (χ0v) is 36.4. The highest BCUT2D eigenvalue weighted by Crippen LogP contribution is 2.48. The van der Waals surface area contributed by atoms with Crippen molar-refractivity contribution in [1.82, 2.24) is 35.6 Å². The van der Waals surface area contributed by atoms with Crippen molar-refractivity contribution in [3.8, 4) is 34.1 Å². The minimum Gasteiger partial charge on any atom is -0.422 e. The second-order valence-corrected chi connectivity index (χ2v) is 17.9. The summed E-state index contributed by atoms with van der Waals surface area (Å²) in [7, 11) is 0. The van der Waals surface area contributed by atoms with E-state index in [1.165, 1.54) is 25.7 Å². The second kappa shape index (κ2) is 17.7. The number of carbonyl (C=O) groups is 1. The molecule has 2 aromatic carbocycles. The number of hydrogen-bond acceptors (Lipinski definition) is 15. The van der Waals surface area contributed by atoms with Gasteiger partial charge in [0.05, 0.1) is 20.1 Å². The highest BCUT2D eigenvalue weighted by molar-refractivity contribution is 6.44. The predicted octanol–water partition coefficient (Wildman–Crippen LogP) is 6.91. The summed E-state index contributed by atoms with van der Waals surface area (Å²) in [6.07, 6.45) is 12.1. The number of carbonyl (C=O) groups excluding carboxylic acids is 1. The van der Waals surface area contributed by atoms with Crippen molar-refractivity contribution in [1.29, 1.82) is 0 Å². The van der Waals surface area contributed by atoms with Gasteiger partial charge in [-0.05, 0) is 74.3 Å². The van der Waals surface area contributed by atoms with Gasteiger partial charge in [-0.1, -0.05) is 83.5 Å². The van der Waals surface area contributed by atoms with Crippen LogP contribution < -0.4 is 44.0 Å². The maximum Gasteiger partial charge on any atom is 0.287 e. The van der Waals surface area contributed by atoms with E-state index in [9.17, 15) is 4.79 Å². The number of halogens is 4. The summed E-state index contributed by atoms with van der Waals surface area (Å²) >= 11 is 25.1. The third-order valence-electron chi connectivity index (χ3n) is 13.2. The Hall–Kier alpha value is -4.55. The van der Waals surface area contributed by atoms with E-state index in [4.69, 9.17) is 89.6 Å². The molecule has 0 bridgehead atoms. The molecule has 5 heterocycles. The van der Waals surface area contributed by atoms with Gasteiger partial charge in [-0.3, -0.25) is 10.2 Å². The molecule has 1 amide bonds. The Morgan fingerprint density at radius 1 is 0.689 bits per heavy atom. The second-order valence-electron chi connectivity index (χ2n) is 16.4. The van der Waals surface area contributed by atoms with Gasteiger partial charge in [0.1, 0.15) is 11.4 Å². The standard InChI is InChI=1S/C21H23Cl2N7O.C20H25Cl2N7O/c22-13-4-1-3-12(15(13)23)16-18(25)28-19(17(27-16)20-29-26-11-31-20)30-9-7-21(8-10-30)6-2-5-14(21)24;21-12-4-1-3-11(14(12)22)15-17(24)27-18(16(26-15)19(30)28-25)29-9-7-20(8-10-29)6-2-5-13(20)23/h1,3-4,11,14H,2,5-10,24H2,(H2,25,28);1,3-4,13H,2,5-10,23,25H2,(H2,24,27)(H,28,30)/t14-;13-/m11/s1. The Morgan fingerprint density at radius 3 is 1.64 bits per heavy atom. The number of nitrogens with two attached hydrogens (primary N) is 5. The molecule has 0 unspecified atom stereocenters. The van der Waals surface area contributed by atoms with Crippen LogP contribution in [0.1, 0.15) is 74.7 Å². The molecule has 2 spiro atoms. The average molecular weight is 911 g/mol. The topological polar surface area (TPSA) is 256 Å². The first kappa shape index (κ1) is 43.1. The van der Waals surface area contributed by atoms with Crippen LogP contribution >= 0.6 is 46.4 Å². The summed E-state index contributed by atoms with van der Waals surface area (Å²) in [5.41, 5.74) is 30.4. The number of benzene rings is 2. The van der Waals surface area contributed by atoms with E-state index in [1.807, 2.05) is 4.90 Å². The predicted molar refractivity (Wildman–Crippen MR) is 240 cm³/mol. The monoisotopic (exact) mass is 908 g/mol. The largest absolute Gasteiger partial charge is 0.422 e. The quantitative estimate of drug-likeness (QED) is 0.0575. The van der Waals surface area contributed by atoms with Gasteiger partial charge in [-0.25, -0.2) is 25.8 Å². The van der Waals surface area contributed by atoms with Crippen molar-refractivity contribution in [3.63, 3.8) is 0 Å². The molecule has 16 nitrogen and oxygen atoms in total. The molecule has 2 atom stereocenters. The summed E-state index contributed by atoms with van der Waals surface area (Å²) < 4.78 is 5.47. The lowest BCUT2D eigenvalue weighted by Crippen LogP contribution is -2.47. The molecule has 11 N–H and O–H groups in total. The first-order chi connectivity index (χ1) is 29.3. The number of hydrogen-bond donors (Lipinski definition) is 6. The molecule has 3 aromatic heterocycles. The molecule has 322 valence electrons. The number of rotatable bonds is 6. The summed E-state index contributed by atoms with van der Waals surface area (Å²) in [5, 5.41) is 9.31. The maximum atomic E-state index is 12.5. The third kappa shape index (κ3) is 8.26. The van der Waals surface area contributed by atoms with Crippen molar-refractivity contribution in [3.05, 3.63) is 68.6 Å². The zero-order valence-electron chi connectivity index (χ0n) is 33.4. The van der Waals surface area contributed by atoms with Crippen molar-refractivity contribution >= 4 is 75.6 Å². The van der Waals surface area contributed by atoms with E-state index < -0.39 is 5.91 Å². The lowest BCUT2D eigenvalue weighted by molar-refractivity contribution is 0.0948. The van der Waals surface area contributed by atoms with E-state index in [1.54, 1.807) is 36.4 Å². The Morgan fingerprint density at radius 2 is 1.18 bits per heavy atom. The molecule has 0 radical (unpaired) electrons. The molecular formula is C41H48Cl4N14O2. The van der Waals surface area contributed by atoms with Gasteiger partial charge in [0, 0.05) is 49.4 Å². The Labute approximate surface area is 373 Å². The highest BCUT2D eigenvalue weighted by atomic mass is 35.5. The van der Waals surface area contributed by atoms with Crippen LogP contribution in [-0.4, -0.2) is 74.3 Å². The summed E-state index contributed by atoms with van der Waals surface area (Å²) in [5.74, 6) is 6.62. The van der Waals surface area contributed by atoms with Gasteiger partial charge in [-0.2, -0.15) is 0 Å². The number of nitrogen functional groups attached to an aromatic ring is 3.